The summed E-state index contributed by atoms with van der Waals surface area (Å²) in [6, 6.07) is 3.47. The van der Waals surface area contributed by atoms with Gasteiger partial charge in [-0.1, -0.05) is 0 Å². The summed E-state index contributed by atoms with van der Waals surface area (Å²) < 4.78 is 22.7. The second-order valence-electron chi connectivity index (χ2n) is 5.75. The van der Waals surface area contributed by atoms with Gasteiger partial charge in [-0.05, 0) is 30.0 Å². The average molecular weight is 326 g/mol. The van der Waals surface area contributed by atoms with Gasteiger partial charge in [0.25, 0.3) is 0 Å². The molecule has 0 radical (unpaired) electrons. The summed E-state index contributed by atoms with van der Waals surface area (Å²) >= 11 is 0. The summed E-state index contributed by atoms with van der Waals surface area (Å²) in [5.74, 6) is 1.25. The maximum Gasteiger partial charge on any atom is 0.315 e. The summed E-state index contributed by atoms with van der Waals surface area (Å²) in [5, 5.41) is 5.49. The van der Waals surface area contributed by atoms with E-state index in [-0.39, 0.29) is 23.5 Å². The molecule has 0 aliphatic carbocycles. The van der Waals surface area contributed by atoms with Crippen LogP contribution in [-0.4, -0.2) is 51.6 Å². The van der Waals surface area contributed by atoms with Crippen LogP contribution in [0.5, 0.6) is 0 Å². The van der Waals surface area contributed by atoms with Crippen molar-refractivity contribution in [2.45, 2.75) is 13.0 Å². The molecule has 1 aromatic rings. The van der Waals surface area contributed by atoms with E-state index in [1.165, 1.54) is 0 Å². The first kappa shape index (κ1) is 16.5. The summed E-state index contributed by atoms with van der Waals surface area (Å²) in [5.41, 5.74) is 0.956. The summed E-state index contributed by atoms with van der Waals surface area (Å²) in [6.45, 7) is 0.794. The molecule has 2 N–H and O–H groups in total. The van der Waals surface area contributed by atoms with Crippen LogP contribution in [0.1, 0.15) is 12.0 Å². The van der Waals surface area contributed by atoms with Gasteiger partial charge in [-0.15, -0.1) is 0 Å². The lowest BCUT2D eigenvalue weighted by Crippen LogP contribution is -2.38. The van der Waals surface area contributed by atoms with Crippen molar-refractivity contribution >= 4 is 21.7 Å². The molecule has 2 heterocycles. The standard InChI is InChI=1S/C14H22N4O3S/c1-18(2)13-7-11(3-5-15-13)8-16-14(19)17-9-12-4-6-22(20,21)10-12/h3,5,7,12H,4,6,8-10H2,1-2H3,(H2,16,17,19). The zero-order valence-corrected chi connectivity index (χ0v) is 13.7. The molecule has 0 bridgehead atoms. The maximum atomic E-state index is 11.8. The number of urea groups is 1. The Morgan fingerprint density at radius 3 is 2.82 bits per heavy atom. The van der Waals surface area contributed by atoms with Gasteiger partial charge in [0.15, 0.2) is 9.84 Å². The number of rotatable bonds is 5. The molecule has 1 fully saturated rings. The monoisotopic (exact) mass is 326 g/mol. The van der Waals surface area contributed by atoms with Crippen LogP contribution < -0.4 is 15.5 Å². The molecule has 0 saturated carbocycles. The topological polar surface area (TPSA) is 91.4 Å². The van der Waals surface area contributed by atoms with Crippen LogP contribution in [0.3, 0.4) is 0 Å². The van der Waals surface area contributed by atoms with Gasteiger partial charge in [0, 0.05) is 33.4 Å². The van der Waals surface area contributed by atoms with Crippen molar-refractivity contribution in [2.75, 3.05) is 37.0 Å². The van der Waals surface area contributed by atoms with E-state index in [0.717, 1.165) is 11.4 Å². The SMILES string of the molecule is CN(C)c1cc(CNC(=O)NCC2CCS(=O)(=O)C2)ccn1. The highest BCUT2D eigenvalue weighted by Gasteiger charge is 2.27. The third kappa shape index (κ3) is 4.87. The number of anilines is 1. The molecule has 1 aliphatic rings. The first-order valence-electron chi connectivity index (χ1n) is 7.20. The first-order valence-corrected chi connectivity index (χ1v) is 9.02. The van der Waals surface area contributed by atoms with Gasteiger partial charge in [0.2, 0.25) is 0 Å². The lowest BCUT2D eigenvalue weighted by molar-refractivity contribution is 0.239. The minimum atomic E-state index is -2.89. The van der Waals surface area contributed by atoms with E-state index >= 15 is 0 Å². The minimum Gasteiger partial charge on any atom is -0.363 e. The van der Waals surface area contributed by atoms with Crippen molar-refractivity contribution in [3.05, 3.63) is 23.9 Å². The van der Waals surface area contributed by atoms with Crippen molar-refractivity contribution in [2.24, 2.45) is 5.92 Å². The summed E-state index contributed by atoms with van der Waals surface area (Å²) in [7, 11) is 0.914. The third-order valence-corrected chi connectivity index (χ3v) is 5.44. The zero-order chi connectivity index (χ0) is 16.2. The second kappa shape index (κ2) is 6.95. The molecule has 0 spiro atoms. The van der Waals surface area contributed by atoms with Gasteiger partial charge in [0.05, 0.1) is 11.5 Å². The van der Waals surface area contributed by atoms with Crippen molar-refractivity contribution in [3.63, 3.8) is 0 Å². The number of sulfone groups is 1. The molecular weight excluding hydrogens is 304 g/mol. The van der Waals surface area contributed by atoms with Crippen molar-refractivity contribution in [1.82, 2.24) is 15.6 Å². The summed E-state index contributed by atoms with van der Waals surface area (Å²) in [4.78, 5) is 17.9. The number of hydrogen-bond acceptors (Lipinski definition) is 5. The molecule has 1 aromatic heterocycles. The van der Waals surface area contributed by atoms with Gasteiger partial charge in [-0.3, -0.25) is 0 Å². The van der Waals surface area contributed by atoms with Crippen LogP contribution in [-0.2, 0) is 16.4 Å². The molecule has 7 nitrogen and oxygen atoms in total. The molecule has 8 heteroatoms. The lowest BCUT2D eigenvalue weighted by Gasteiger charge is -2.13. The van der Waals surface area contributed by atoms with E-state index in [1.54, 1.807) is 6.20 Å². The van der Waals surface area contributed by atoms with Gasteiger partial charge in [-0.2, -0.15) is 0 Å². The zero-order valence-electron chi connectivity index (χ0n) is 12.9. The second-order valence-corrected chi connectivity index (χ2v) is 7.98. The largest absolute Gasteiger partial charge is 0.363 e. The highest BCUT2D eigenvalue weighted by Crippen LogP contribution is 2.17. The Morgan fingerprint density at radius 2 is 2.18 bits per heavy atom. The number of carbonyl (C=O) groups excluding carboxylic acids is 1. The molecule has 2 rings (SSSR count). The van der Waals surface area contributed by atoms with E-state index in [2.05, 4.69) is 15.6 Å². The summed E-state index contributed by atoms with van der Waals surface area (Å²) in [6.07, 6.45) is 2.33. The number of aromatic nitrogens is 1. The van der Waals surface area contributed by atoms with Crippen LogP contribution in [0.25, 0.3) is 0 Å². The molecular formula is C14H22N4O3S. The quantitative estimate of drug-likeness (QED) is 0.816. The Labute approximate surface area is 131 Å². The number of hydrogen-bond donors (Lipinski definition) is 2. The molecule has 1 atom stereocenters. The van der Waals surface area contributed by atoms with Crippen LogP contribution >= 0.6 is 0 Å². The van der Waals surface area contributed by atoms with E-state index < -0.39 is 9.84 Å². The fraction of sp³-hybridized carbons (Fsp3) is 0.571. The van der Waals surface area contributed by atoms with Gasteiger partial charge in [-0.25, -0.2) is 18.2 Å². The van der Waals surface area contributed by atoms with E-state index in [4.69, 9.17) is 0 Å². The van der Waals surface area contributed by atoms with Gasteiger partial charge >= 0.3 is 6.03 Å². The van der Waals surface area contributed by atoms with Crippen LogP contribution in [0.15, 0.2) is 18.3 Å². The Morgan fingerprint density at radius 1 is 1.41 bits per heavy atom. The van der Waals surface area contributed by atoms with E-state index in [1.807, 2.05) is 31.1 Å². The normalized spacial score (nSPS) is 19.6. The molecule has 1 saturated heterocycles. The van der Waals surface area contributed by atoms with Gasteiger partial charge < -0.3 is 15.5 Å². The number of carbonyl (C=O) groups is 1. The molecule has 0 aromatic carbocycles. The van der Waals surface area contributed by atoms with Crippen LogP contribution in [0.2, 0.25) is 0 Å². The highest BCUT2D eigenvalue weighted by molar-refractivity contribution is 7.91. The van der Waals surface area contributed by atoms with Crippen molar-refractivity contribution in [1.29, 1.82) is 0 Å². The van der Waals surface area contributed by atoms with Crippen LogP contribution in [0.4, 0.5) is 10.6 Å². The number of pyridine rings is 1. The lowest BCUT2D eigenvalue weighted by atomic mass is 10.1. The van der Waals surface area contributed by atoms with Crippen molar-refractivity contribution < 1.29 is 13.2 Å². The van der Waals surface area contributed by atoms with E-state index in [0.29, 0.717) is 19.5 Å². The molecule has 22 heavy (non-hydrogen) atoms. The average Bonchev–Trinajstić information content (AvgIpc) is 2.82. The fourth-order valence-electron chi connectivity index (χ4n) is 2.33. The Bertz CT molecular complexity index is 631. The number of amides is 2. The van der Waals surface area contributed by atoms with Crippen LogP contribution in [0, 0.1) is 5.92 Å². The molecule has 1 aliphatic heterocycles. The Hall–Kier alpha value is -1.83. The maximum absolute atomic E-state index is 11.8. The Balaban J connectivity index is 1.75. The smallest absolute Gasteiger partial charge is 0.315 e. The molecule has 2 amide bonds. The predicted octanol–water partition coefficient (Wildman–Crippen LogP) is 0.382. The van der Waals surface area contributed by atoms with E-state index in [9.17, 15) is 13.2 Å². The van der Waals surface area contributed by atoms with Crippen molar-refractivity contribution in [3.8, 4) is 0 Å². The number of nitrogens with one attached hydrogen (secondary N) is 2. The third-order valence-electron chi connectivity index (χ3n) is 3.60. The molecule has 122 valence electrons. The Kier molecular flexibility index (Phi) is 5.23. The fourth-order valence-corrected chi connectivity index (χ4v) is 4.19. The van der Waals surface area contributed by atoms with Gasteiger partial charge in [0.1, 0.15) is 5.82 Å². The highest BCUT2D eigenvalue weighted by atomic mass is 32.2. The predicted molar refractivity (Wildman–Crippen MR) is 85.6 cm³/mol. The molecule has 1 unspecified atom stereocenters. The number of nitrogens with zero attached hydrogens (tertiary/aromatic N) is 2. The minimum absolute atomic E-state index is 0.0250. The first-order chi connectivity index (χ1) is 10.4.